The lowest BCUT2D eigenvalue weighted by atomic mass is 9.97. The Morgan fingerprint density at radius 3 is 2.74 bits per heavy atom. The Kier molecular flexibility index (Phi) is 2.86. The van der Waals surface area contributed by atoms with Gasteiger partial charge in [0.05, 0.1) is 5.69 Å². The van der Waals surface area contributed by atoms with Crippen molar-refractivity contribution < 1.29 is 0 Å². The average Bonchev–Trinajstić information content (AvgIpc) is 2.80. The van der Waals surface area contributed by atoms with Gasteiger partial charge in [-0.25, -0.2) is 0 Å². The number of aryl methyl sites for hydroxylation is 1. The summed E-state index contributed by atoms with van der Waals surface area (Å²) in [6.07, 6.45) is 3.96. The zero-order valence-corrected chi connectivity index (χ0v) is 11.6. The van der Waals surface area contributed by atoms with E-state index < -0.39 is 0 Å². The number of fused-ring (bicyclic) bond motifs is 1. The van der Waals surface area contributed by atoms with Gasteiger partial charge in [-0.05, 0) is 35.7 Å². The molecule has 0 fully saturated rings. The zero-order chi connectivity index (χ0) is 13.4. The molecule has 3 rings (SSSR count). The summed E-state index contributed by atoms with van der Waals surface area (Å²) in [4.78, 5) is 4.58. The fraction of sp³-hybridized carbons (Fsp3) is 0.235. The molecule has 19 heavy (non-hydrogen) atoms. The SMILES string of the molecule is CC(C)c1cccnc1-c1ccc2c(ccn2C)c1. The summed E-state index contributed by atoms with van der Waals surface area (Å²) in [6.45, 7) is 4.42. The first-order valence-corrected chi connectivity index (χ1v) is 6.67. The first-order chi connectivity index (χ1) is 9.16. The molecule has 2 heteroatoms. The molecule has 0 radical (unpaired) electrons. The summed E-state index contributed by atoms with van der Waals surface area (Å²) in [7, 11) is 2.07. The summed E-state index contributed by atoms with van der Waals surface area (Å²) in [5, 5.41) is 1.26. The van der Waals surface area contributed by atoms with Crippen molar-refractivity contribution in [2.24, 2.45) is 7.05 Å². The predicted octanol–water partition coefficient (Wildman–Crippen LogP) is 4.36. The van der Waals surface area contributed by atoms with E-state index in [1.54, 1.807) is 0 Å². The molecule has 0 spiro atoms. The van der Waals surface area contributed by atoms with Crippen molar-refractivity contribution in [3.63, 3.8) is 0 Å². The van der Waals surface area contributed by atoms with Gasteiger partial charge in [0, 0.05) is 35.9 Å². The number of pyridine rings is 1. The van der Waals surface area contributed by atoms with E-state index in [0.29, 0.717) is 5.92 Å². The van der Waals surface area contributed by atoms with E-state index in [-0.39, 0.29) is 0 Å². The topological polar surface area (TPSA) is 17.8 Å². The highest BCUT2D eigenvalue weighted by atomic mass is 14.9. The molecule has 0 saturated carbocycles. The summed E-state index contributed by atoms with van der Waals surface area (Å²) >= 11 is 0. The van der Waals surface area contributed by atoms with Crippen LogP contribution in [0.1, 0.15) is 25.3 Å². The van der Waals surface area contributed by atoms with Gasteiger partial charge in [-0.3, -0.25) is 4.98 Å². The van der Waals surface area contributed by atoms with Crippen LogP contribution in [0.15, 0.2) is 48.8 Å². The van der Waals surface area contributed by atoms with Crippen molar-refractivity contribution in [2.75, 3.05) is 0 Å². The highest BCUT2D eigenvalue weighted by Gasteiger charge is 2.10. The molecule has 0 aliphatic heterocycles. The predicted molar refractivity (Wildman–Crippen MR) is 80.2 cm³/mol. The van der Waals surface area contributed by atoms with Gasteiger partial charge in [0.2, 0.25) is 0 Å². The minimum Gasteiger partial charge on any atom is -0.351 e. The summed E-state index contributed by atoms with van der Waals surface area (Å²) in [5.74, 6) is 0.482. The first kappa shape index (κ1) is 12.0. The molecule has 2 nitrogen and oxygen atoms in total. The monoisotopic (exact) mass is 250 g/mol. The Labute approximate surface area is 113 Å². The van der Waals surface area contributed by atoms with Gasteiger partial charge in [0.1, 0.15) is 0 Å². The van der Waals surface area contributed by atoms with Gasteiger partial charge in [0.15, 0.2) is 0 Å². The van der Waals surface area contributed by atoms with Crippen LogP contribution in [-0.2, 0) is 7.05 Å². The Bertz CT molecular complexity index is 723. The van der Waals surface area contributed by atoms with Crippen molar-refractivity contribution in [3.8, 4) is 11.3 Å². The van der Waals surface area contributed by atoms with Crippen LogP contribution in [-0.4, -0.2) is 9.55 Å². The molecule has 0 atom stereocenters. The van der Waals surface area contributed by atoms with Gasteiger partial charge < -0.3 is 4.57 Å². The van der Waals surface area contributed by atoms with E-state index in [1.807, 2.05) is 12.3 Å². The lowest BCUT2D eigenvalue weighted by Gasteiger charge is -2.11. The quantitative estimate of drug-likeness (QED) is 0.660. The molecule has 2 aromatic heterocycles. The normalized spacial score (nSPS) is 11.4. The van der Waals surface area contributed by atoms with Crippen LogP contribution >= 0.6 is 0 Å². The lowest BCUT2D eigenvalue weighted by Crippen LogP contribution is -1.95. The number of hydrogen-bond acceptors (Lipinski definition) is 1. The number of hydrogen-bond donors (Lipinski definition) is 0. The number of benzene rings is 1. The molecular formula is C17H18N2. The van der Waals surface area contributed by atoms with Crippen molar-refractivity contribution in [2.45, 2.75) is 19.8 Å². The first-order valence-electron chi connectivity index (χ1n) is 6.67. The molecular weight excluding hydrogens is 232 g/mol. The van der Waals surface area contributed by atoms with E-state index in [2.05, 4.69) is 67.0 Å². The van der Waals surface area contributed by atoms with E-state index in [0.717, 1.165) is 5.69 Å². The number of nitrogens with zero attached hydrogens (tertiary/aromatic N) is 2. The number of rotatable bonds is 2. The van der Waals surface area contributed by atoms with E-state index in [9.17, 15) is 0 Å². The number of aromatic nitrogens is 2. The van der Waals surface area contributed by atoms with Gasteiger partial charge in [0.25, 0.3) is 0 Å². The van der Waals surface area contributed by atoms with Crippen LogP contribution < -0.4 is 0 Å². The molecule has 0 bridgehead atoms. The van der Waals surface area contributed by atoms with Gasteiger partial charge >= 0.3 is 0 Å². The molecule has 0 aliphatic carbocycles. The highest BCUT2D eigenvalue weighted by Crippen LogP contribution is 2.29. The maximum atomic E-state index is 4.58. The molecule has 1 aromatic carbocycles. The molecule has 3 aromatic rings. The third-order valence-corrected chi connectivity index (χ3v) is 3.62. The van der Waals surface area contributed by atoms with Crippen LogP contribution in [0, 0.1) is 0 Å². The van der Waals surface area contributed by atoms with E-state index in [1.165, 1.54) is 22.0 Å². The fourth-order valence-electron chi connectivity index (χ4n) is 2.55. The molecule has 0 aliphatic rings. The third kappa shape index (κ3) is 2.03. The molecule has 96 valence electrons. The van der Waals surface area contributed by atoms with Gasteiger partial charge in [-0.15, -0.1) is 0 Å². The fourth-order valence-corrected chi connectivity index (χ4v) is 2.55. The van der Waals surface area contributed by atoms with Crippen molar-refractivity contribution >= 4 is 10.9 Å². The molecule has 0 saturated heterocycles. The van der Waals surface area contributed by atoms with E-state index in [4.69, 9.17) is 0 Å². The van der Waals surface area contributed by atoms with Crippen molar-refractivity contribution in [1.29, 1.82) is 0 Å². The van der Waals surface area contributed by atoms with Crippen LogP contribution in [0.25, 0.3) is 22.2 Å². The zero-order valence-electron chi connectivity index (χ0n) is 11.6. The van der Waals surface area contributed by atoms with Gasteiger partial charge in [-0.2, -0.15) is 0 Å². The van der Waals surface area contributed by atoms with Crippen LogP contribution in [0.2, 0.25) is 0 Å². The highest BCUT2D eigenvalue weighted by molar-refractivity contribution is 5.85. The minimum absolute atomic E-state index is 0.482. The average molecular weight is 250 g/mol. The largest absolute Gasteiger partial charge is 0.351 e. The molecule has 0 N–H and O–H groups in total. The minimum atomic E-state index is 0.482. The Morgan fingerprint density at radius 2 is 1.95 bits per heavy atom. The standard InChI is InChI=1S/C17H18N2/c1-12(2)15-5-4-9-18-17(15)14-6-7-16-13(11-14)8-10-19(16)3/h4-12H,1-3H3. The second kappa shape index (κ2) is 4.54. The van der Waals surface area contributed by atoms with E-state index >= 15 is 0 Å². The second-order valence-corrected chi connectivity index (χ2v) is 5.30. The van der Waals surface area contributed by atoms with Crippen LogP contribution in [0.3, 0.4) is 0 Å². The Morgan fingerprint density at radius 1 is 1.11 bits per heavy atom. The second-order valence-electron chi connectivity index (χ2n) is 5.30. The Hall–Kier alpha value is -2.09. The smallest absolute Gasteiger partial charge is 0.0736 e. The van der Waals surface area contributed by atoms with Crippen LogP contribution in [0.5, 0.6) is 0 Å². The summed E-state index contributed by atoms with van der Waals surface area (Å²) < 4.78 is 2.14. The van der Waals surface area contributed by atoms with Crippen molar-refractivity contribution in [1.82, 2.24) is 9.55 Å². The summed E-state index contributed by atoms with van der Waals surface area (Å²) in [5.41, 5.74) is 4.86. The molecule has 2 heterocycles. The van der Waals surface area contributed by atoms with Crippen LogP contribution in [0.4, 0.5) is 0 Å². The van der Waals surface area contributed by atoms with Gasteiger partial charge in [-0.1, -0.05) is 26.0 Å². The molecule has 0 unspecified atom stereocenters. The summed E-state index contributed by atoms with van der Waals surface area (Å²) in [6, 6.07) is 12.9. The molecule has 0 amide bonds. The lowest BCUT2D eigenvalue weighted by molar-refractivity contribution is 0.861. The third-order valence-electron chi connectivity index (χ3n) is 3.62. The Balaban J connectivity index is 2.19. The maximum Gasteiger partial charge on any atom is 0.0736 e. The van der Waals surface area contributed by atoms with Crippen molar-refractivity contribution in [3.05, 3.63) is 54.4 Å². The maximum absolute atomic E-state index is 4.58.